The average Bonchev–Trinajstić information content (AvgIpc) is 3.18. The summed E-state index contributed by atoms with van der Waals surface area (Å²) in [5.41, 5.74) is 2.21. The SMILES string of the molecule is COc1ccc(-n2nc(C#N)c(N3CCN(c4cccc(Cl)c4)CC3)n2)cc1. The van der Waals surface area contributed by atoms with Gasteiger partial charge in [0.2, 0.25) is 5.69 Å². The van der Waals surface area contributed by atoms with Crippen LogP contribution in [0.25, 0.3) is 5.69 Å². The number of hydrogen-bond donors (Lipinski definition) is 0. The highest BCUT2D eigenvalue weighted by atomic mass is 35.5. The fourth-order valence-electron chi connectivity index (χ4n) is 3.26. The second kappa shape index (κ2) is 7.79. The minimum absolute atomic E-state index is 0.326. The summed E-state index contributed by atoms with van der Waals surface area (Å²) >= 11 is 6.11. The van der Waals surface area contributed by atoms with Gasteiger partial charge < -0.3 is 14.5 Å². The minimum Gasteiger partial charge on any atom is -0.497 e. The second-order valence-corrected chi connectivity index (χ2v) is 6.86. The standard InChI is InChI=1S/C20H19ClN6O/c1-28-18-7-5-16(6-8-18)27-23-19(14-22)20(24-27)26-11-9-25(10-12-26)17-4-2-3-15(21)13-17/h2-8,13H,9-12H2,1H3. The van der Waals surface area contributed by atoms with Gasteiger partial charge in [-0.2, -0.15) is 5.26 Å². The van der Waals surface area contributed by atoms with Gasteiger partial charge in [-0.25, -0.2) is 0 Å². The van der Waals surface area contributed by atoms with Crippen molar-refractivity contribution < 1.29 is 4.74 Å². The Morgan fingerprint density at radius 2 is 1.68 bits per heavy atom. The summed E-state index contributed by atoms with van der Waals surface area (Å²) in [4.78, 5) is 5.88. The van der Waals surface area contributed by atoms with E-state index in [-0.39, 0.29) is 0 Å². The van der Waals surface area contributed by atoms with Gasteiger partial charge in [0.15, 0.2) is 5.82 Å². The van der Waals surface area contributed by atoms with E-state index in [2.05, 4.69) is 32.1 Å². The van der Waals surface area contributed by atoms with E-state index >= 15 is 0 Å². The van der Waals surface area contributed by atoms with E-state index in [1.165, 1.54) is 4.80 Å². The molecule has 2 heterocycles. The highest BCUT2D eigenvalue weighted by Crippen LogP contribution is 2.24. The Bertz CT molecular complexity index is 1000. The molecule has 1 aliphatic rings. The fourth-order valence-corrected chi connectivity index (χ4v) is 3.45. The molecule has 8 heteroatoms. The molecule has 0 aliphatic carbocycles. The maximum absolute atomic E-state index is 9.51. The van der Waals surface area contributed by atoms with Crippen LogP contribution in [0, 0.1) is 11.3 Å². The highest BCUT2D eigenvalue weighted by Gasteiger charge is 2.23. The lowest BCUT2D eigenvalue weighted by Crippen LogP contribution is -2.47. The van der Waals surface area contributed by atoms with Crippen molar-refractivity contribution in [1.29, 1.82) is 5.26 Å². The van der Waals surface area contributed by atoms with Crippen molar-refractivity contribution in [3.63, 3.8) is 0 Å². The first-order valence-corrected chi connectivity index (χ1v) is 9.33. The van der Waals surface area contributed by atoms with Crippen LogP contribution in [0.2, 0.25) is 5.02 Å². The Kier molecular flexibility index (Phi) is 5.04. The summed E-state index contributed by atoms with van der Waals surface area (Å²) < 4.78 is 5.18. The topological polar surface area (TPSA) is 70.2 Å². The third-order valence-corrected chi connectivity index (χ3v) is 4.99. The van der Waals surface area contributed by atoms with Crippen molar-refractivity contribution in [3.05, 3.63) is 59.2 Å². The first kappa shape index (κ1) is 18.1. The zero-order valence-electron chi connectivity index (χ0n) is 15.4. The van der Waals surface area contributed by atoms with Gasteiger partial charge in [0.1, 0.15) is 11.8 Å². The van der Waals surface area contributed by atoms with Gasteiger partial charge in [0.25, 0.3) is 0 Å². The number of rotatable bonds is 4. The van der Waals surface area contributed by atoms with Crippen molar-refractivity contribution >= 4 is 23.1 Å². The van der Waals surface area contributed by atoms with Crippen LogP contribution in [0.4, 0.5) is 11.5 Å². The van der Waals surface area contributed by atoms with Gasteiger partial charge in [-0.3, -0.25) is 0 Å². The lowest BCUT2D eigenvalue weighted by molar-refractivity contribution is 0.414. The van der Waals surface area contributed by atoms with Crippen LogP contribution >= 0.6 is 11.6 Å². The molecule has 0 bridgehead atoms. The van der Waals surface area contributed by atoms with Crippen LogP contribution in [0.1, 0.15) is 5.69 Å². The molecule has 28 heavy (non-hydrogen) atoms. The molecule has 0 saturated carbocycles. The maximum atomic E-state index is 9.51. The Morgan fingerprint density at radius 1 is 0.964 bits per heavy atom. The first-order valence-electron chi connectivity index (χ1n) is 8.95. The van der Waals surface area contributed by atoms with Crippen molar-refractivity contribution in [1.82, 2.24) is 15.0 Å². The van der Waals surface area contributed by atoms with E-state index in [1.54, 1.807) is 7.11 Å². The number of piperazine rings is 1. The molecule has 7 nitrogen and oxygen atoms in total. The second-order valence-electron chi connectivity index (χ2n) is 6.43. The number of nitriles is 1. The minimum atomic E-state index is 0.326. The average molecular weight is 395 g/mol. The van der Waals surface area contributed by atoms with Crippen molar-refractivity contribution in [2.24, 2.45) is 0 Å². The van der Waals surface area contributed by atoms with Gasteiger partial charge in [0.05, 0.1) is 12.8 Å². The molecule has 1 fully saturated rings. The van der Waals surface area contributed by atoms with Crippen molar-refractivity contribution in [3.8, 4) is 17.5 Å². The Morgan fingerprint density at radius 3 is 2.32 bits per heavy atom. The van der Waals surface area contributed by atoms with Crippen molar-refractivity contribution in [2.45, 2.75) is 0 Å². The number of halogens is 1. The molecule has 3 aromatic rings. The van der Waals surface area contributed by atoms with E-state index in [1.807, 2.05) is 42.5 Å². The Hall–Kier alpha value is -3.24. The Balaban J connectivity index is 1.52. The molecule has 1 aliphatic heterocycles. The number of anilines is 2. The van der Waals surface area contributed by atoms with Gasteiger partial charge in [-0.1, -0.05) is 17.7 Å². The largest absolute Gasteiger partial charge is 0.497 e. The molecule has 0 amide bonds. The zero-order chi connectivity index (χ0) is 19.5. The fraction of sp³-hybridized carbons (Fsp3) is 0.250. The zero-order valence-corrected chi connectivity index (χ0v) is 16.2. The maximum Gasteiger partial charge on any atom is 0.207 e. The van der Waals surface area contributed by atoms with Gasteiger partial charge in [-0.15, -0.1) is 15.0 Å². The molecule has 1 saturated heterocycles. The summed E-state index contributed by atoms with van der Waals surface area (Å²) in [6, 6.07) is 17.4. The molecule has 0 spiro atoms. The predicted octanol–water partition coefficient (Wildman–Crippen LogP) is 3.13. The van der Waals surface area contributed by atoms with Crippen LogP contribution in [0.15, 0.2) is 48.5 Å². The van der Waals surface area contributed by atoms with E-state index in [0.29, 0.717) is 11.5 Å². The van der Waals surface area contributed by atoms with Gasteiger partial charge >= 0.3 is 0 Å². The number of nitrogens with zero attached hydrogens (tertiary/aromatic N) is 6. The van der Waals surface area contributed by atoms with E-state index in [9.17, 15) is 5.26 Å². The summed E-state index contributed by atoms with van der Waals surface area (Å²) in [7, 11) is 1.62. The molecule has 0 unspecified atom stereocenters. The molecule has 4 rings (SSSR count). The summed E-state index contributed by atoms with van der Waals surface area (Å²) in [6.07, 6.45) is 0. The number of benzene rings is 2. The third-order valence-electron chi connectivity index (χ3n) is 4.76. The van der Waals surface area contributed by atoms with Gasteiger partial charge in [-0.05, 0) is 42.5 Å². The number of aromatic nitrogens is 3. The third kappa shape index (κ3) is 3.59. The van der Waals surface area contributed by atoms with Crippen molar-refractivity contribution in [2.75, 3.05) is 43.1 Å². The van der Waals surface area contributed by atoms with Crippen LogP contribution < -0.4 is 14.5 Å². The lowest BCUT2D eigenvalue weighted by atomic mass is 10.2. The first-order chi connectivity index (χ1) is 13.7. The van der Waals surface area contributed by atoms with E-state index in [4.69, 9.17) is 16.3 Å². The summed E-state index contributed by atoms with van der Waals surface area (Å²) in [5.74, 6) is 1.37. The monoisotopic (exact) mass is 394 g/mol. The lowest BCUT2D eigenvalue weighted by Gasteiger charge is -2.36. The summed E-state index contributed by atoms with van der Waals surface area (Å²) in [5, 5.41) is 19.2. The molecule has 0 atom stereocenters. The molecular weight excluding hydrogens is 376 g/mol. The number of hydrogen-bond acceptors (Lipinski definition) is 6. The molecule has 0 radical (unpaired) electrons. The van der Waals surface area contributed by atoms with Crippen LogP contribution in [-0.4, -0.2) is 48.3 Å². The predicted molar refractivity (Wildman–Crippen MR) is 109 cm³/mol. The van der Waals surface area contributed by atoms with E-state index in [0.717, 1.165) is 48.3 Å². The van der Waals surface area contributed by atoms with E-state index < -0.39 is 0 Å². The Labute approximate surface area is 168 Å². The molecule has 142 valence electrons. The molecular formula is C20H19ClN6O. The van der Waals surface area contributed by atoms with Crippen LogP contribution in [0.5, 0.6) is 5.75 Å². The van der Waals surface area contributed by atoms with Crippen LogP contribution in [-0.2, 0) is 0 Å². The number of methoxy groups -OCH3 is 1. The smallest absolute Gasteiger partial charge is 0.207 e. The molecule has 0 N–H and O–H groups in total. The van der Waals surface area contributed by atoms with Crippen LogP contribution in [0.3, 0.4) is 0 Å². The quantitative estimate of drug-likeness (QED) is 0.677. The summed E-state index contributed by atoms with van der Waals surface area (Å²) in [6.45, 7) is 3.15. The number of ether oxygens (including phenoxy) is 1. The molecule has 1 aromatic heterocycles. The normalized spacial score (nSPS) is 14.0. The molecule has 2 aromatic carbocycles. The highest BCUT2D eigenvalue weighted by molar-refractivity contribution is 6.30. The van der Waals surface area contributed by atoms with Gasteiger partial charge in [0, 0.05) is 36.9 Å².